The molecule has 98 valence electrons. The molecule has 17 heavy (non-hydrogen) atoms. The minimum Gasteiger partial charge on any atom is -0.300 e. The molecule has 1 saturated carbocycles. The van der Waals surface area contributed by atoms with Crippen molar-refractivity contribution in [2.24, 2.45) is 5.92 Å². The third kappa shape index (κ3) is 5.31. The molecule has 1 N–H and O–H groups in total. The van der Waals surface area contributed by atoms with Crippen molar-refractivity contribution in [1.29, 1.82) is 5.26 Å². The SMILES string of the molecule is CCNC(C)(C#N)CCSC1CCCC(C)C1. The quantitative estimate of drug-likeness (QED) is 0.787. The number of thioether (sulfide) groups is 1. The van der Waals surface area contributed by atoms with Gasteiger partial charge in [-0.1, -0.05) is 26.7 Å². The lowest BCUT2D eigenvalue weighted by Crippen LogP contribution is -2.41. The molecule has 0 heterocycles. The number of nitriles is 1. The molecule has 0 bridgehead atoms. The van der Waals surface area contributed by atoms with Crippen molar-refractivity contribution in [3.8, 4) is 6.07 Å². The molecule has 0 spiro atoms. The van der Waals surface area contributed by atoms with Crippen LogP contribution in [0.2, 0.25) is 0 Å². The molecule has 3 atom stereocenters. The summed E-state index contributed by atoms with van der Waals surface area (Å²) >= 11 is 2.08. The molecular formula is C14H26N2S. The van der Waals surface area contributed by atoms with E-state index in [2.05, 4.69) is 37.0 Å². The van der Waals surface area contributed by atoms with Crippen molar-refractivity contribution in [2.45, 2.75) is 63.7 Å². The second-order valence-corrected chi connectivity index (χ2v) is 6.90. The molecule has 1 rings (SSSR count). The van der Waals surface area contributed by atoms with E-state index in [0.29, 0.717) is 0 Å². The van der Waals surface area contributed by atoms with Gasteiger partial charge >= 0.3 is 0 Å². The first-order chi connectivity index (χ1) is 8.09. The van der Waals surface area contributed by atoms with Gasteiger partial charge in [-0.05, 0) is 44.4 Å². The smallest absolute Gasteiger partial charge is 0.104 e. The van der Waals surface area contributed by atoms with Crippen LogP contribution in [0, 0.1) is 17.2 Å². The molecule has 1 aliphatic rings. The molecule has 0 aromatic rings. The zero-order valence-electron chi connectivity index (χ0n) is 11.5. The van der Waals surface area contributed by atoms with Gasteiger partial charge in [0.2, 0.25) is 0 Å². The Balaban J connectivity index is 2.24. The molecule has 2 nitrogen and oxygen atoms in total. The normalized spacial score (nSPS) is 28.4. The Hall–Kier alpha value is -0.200. The van der Waals surface area contributed by atoms with E-state index in [1.54, 1.807) is 0 Å². The summed E-state index contributed by atoms with van der Waals surface area (Å²) < 4.78 is 0. The third-order valence-corrected chi connectivity index (χ3v) is 5.00. The molecular weight excluding hydrogens is 228 g/mol. The van der Waals surface area contributed by atoms with E-state index in [1.807, 2.05) is 6.92 Å². The standard InChI is InChI=1S/C14H26N2S/c1-4-16-14(3,11-15)8-9-17-13-7-5-6-12(2)10-13/h12-13,16H,4-10H2,1-3H3. The van der Waals surface area contributed by atoms with Gasteiger partial charge in [-0.15, -0.1) is 0 Å². The van der Waals surface area contributed by atoms with Crippen LogP contribution in [0.1, 0.15) is 52.9 Å². The Labute approximate surface area is 111 Å². The predicted molar refractivity (Wildman–Crippen MR) is 76.2 cm³/mol. The van der Waals surface area contributed by atoms with Crippen LogP contribution in [-0.4, -0.2) is 23.1 Å². The maximum absolute atomic E-state index is 9.17. The van der Waals surface area contributed by atoms with Gasteiger partial charge in [0.25, 0.3) is 0 Å². The fourth-order valence-electron chi connectivity index (χ4n) is 2.53. The van der Waals surface area contributed by atoms with Gasteiger partial charge in [0.15, 0.2) is 0 Å². The Morgan fingerprint density at radius 3 is 2.82 bits per heavy atom. The Kier molecular flexibility index (Phi) is 6.37. The average molecular weight is 254 g/mol. The second-order valence-electron chi connectivity index (χ2n) is 5.49. The van der Waals surface area contributed by atoms with Gasteiger partial charge in [-0.2, -0.15) is 17.0 Å². The summed E-state index contributed by atoms with van der Waals surface area (Å²) in [6.45, 7) is 7.31. The van der Waals surface area contributed by atoms with E-state index in [-0.39, 0.29) is 5.54 Å². The first-order valence-corrected chi connectivity index (χ1v) is 7.92. The lowest BCUT2D eigenvalue weighted by atomic mass is 9.91. The van der Waals surface area contributed by atoms with Crippen LogP contribution in [-0.2, 0) is 0 Å². The Morgan fingerprint density at radius 2 is 2.24 bits per heavy atom. The van der Waals surface area contributed by atoms with Crippen molar-refractivity contribution in [3.63, 3.8) is 0 Å². The number of nitrogens with zero attached hydrogens (tertiary/aromatic N) is 1. The van der Waals surface area contributed by atoms with Gasteiger partial charge in [-0.3, -0.25) is 5.32 Å². The monoisotopic (exact) mass is 254 g/mol. The molecule has 0 radical (unpaired) electrons. The van der Waals surface area contributed by atoms with Gasteiger partial charge in [0.1, 0.15) is 5.54 Å². The Bertz CT molecular complexity index is 261. The summed E-state index contributed by atoms with van der Waals surface area (Å²) in [6, 6.07) is 2.40. The maximum atomic E-state index is 9.17. The van der Waals surface area contributed by atoms with Gasteiger partial charge in [0.05, 0.1) is 6.07 Å². The van der Waals surface area contributed by atoms with Crippen LogP contribution >= 0.6 is 11.8 Å². The van der Waals surface area contributed by atoms with E-state index >= 15 is 0 Å². The fraction of sp³-hybridized carbons (Fsp3) is 0.929. The first-order valence-electron chi connectivity index (χ1n) is 6.87. The number of nitrogens with one attached hydrogen (secondary N) is 1. The molecule has 0 amide bonds. The van der Waals surface area contributed by atoms with Crippen molar-refractivity contribution < 1.29 is 0 Å². The van der Waals surface area contributed by atoms with Crippen LogP contribution < -0.4 is 5.32 Å². The van der Waals surface area contributed by atoms with Crippen molar-refractivity contribution in [3.05, 3.63) is 0 Å². The van der Waals surface area contributed by atoms with Crippen LogP contribution in [0.15, 0.2) is 0 Å². The summed E-state index contributed by atoms with van der Waals surface area (Å²) in [6.07, 6.45) is 6.49. The summed E-state index contributed by atoms with van der Waals surface area (Å²) in [4.78, 5) is 0. The van der Waals surface area contributed by atoms with E-state index in [4.69, 9.17) is 0 Å². The van der Waals surface area contributed by atoms with Gasteiger partial charge in [-0.25, -0.2) is 0 Å². The zero-order chi connectivity index (χ0) is 12.7. The maximum Gasteiger partial charge on any atom is 0.104 e. The molecule has 1 fully saturated rings. The highest BCUT2D eigenvalue weighted by molar-refractivity contribution is 7.99. The summed E-state index contributed by atoms with van der Waals surface area (Å²) in [5, 5.41) is 13.3. The van der Waals surface area contributed by atoms with Crippen LogP contribution in [0.4, 0.5) is 0 Å². The summed E-state index contributed by atoms with van der Waals surface area (Å²) in [5.41, 5.74) is -0.331. The third-order valence-electron chi connectivity index (χ3n) is 3.66. The molecule has 0 aromatic carbocycles. The molecule has 0 saturated heterocycles. The number of rotatable bonds is 6. The average Bonchev–Trinajstić information content (AvgIpc) is 2.29. The molecule has 0 aliphatic heterocycles. The molecule has 3 unspecified atom stereocenters. The van der Waals surface area contributed by atoms with Crippen molar-refractivity contribution in [2.75, 3.05) is 12.3 Å². The molecule has 3 heteroatoms. The van der Waals surface area contributed by atoms with Gasteiger partial charge < -0.3 is 0 Å². The van der Waals surface area contributed by atoms with Crippen LogP contribution in [0.3, 0.4) is 0 Å². The highest BCUT2D eigenvalue weighted by Gasteiger charge is 2.24. The largest absolute Gasteiger partial charge is 0.300 e. The van der Waals surface area contributed by atoms with E-state index in [9.17, 15) is 5.26 Å². The van der Waals surface area contributed by atoms with Crippen molar-refractivity contribution in [1.82, 2.24) is 5.32 Å². The van der Waals surface area contributed by atoms with E-state index in [1.165, 1.54) is 25.7 Å². The minimum atomic E-state index is -0.331. The van der Waals surface area contributed by atoms with E-state index in [0.717, 1.165) is 29.9 Å². The topological polar surface area (TPSA) is 35.8 Å². The van der Waals surface area contributed by atoms with Crippen LogP contribution in [0.5, 0.6) is 0 Å². The highest BCUT2D eigenvalue weighted by atomic mass is 32.2. The fourth-order valence-corrected chi connectivity index (χ4v) is 4.19. The molecule has 0 aromatic heterocycles. The van der Waals surface area contributed by atoms with Crippen LogP contribution in [0.25, 0.3) is 0 Å². The highest BCUT2D eigenvalue weighted by Crippen LogP contribution is 2.32. The first kappa shape index (κ1) is 14.9. The predicted octanol–water partition coefficient (Wildman–Crippen LogP) is 3.58. The molecule has 1 aliphatic carbocycles. The lowest BCUT2D eigenvalue weighted by Gasteiger charge is -2.28. The minimum absolute atomic E-state index is 0.331. The lowest BCUT2D eigenvalue weighted by molar-refractivity contribution is 0.393. The van der Waals surface area contributed by atoms with Gasteiger partial charge in [0, 0.05) is 5.25 Å². The zero-order valence-corrected chi connectivity index (χ0v) is 12.3. The number of hydrogen-bond acceptors (Lipinski definition) is 3. The summed E-state index contributed by atoms with van der Waals surface area (Å²) in [5.74, 6) is 2.01. The Morgan fingerprint density at radius 1 is 1.47 bits per heavy atom. The van der Waals surface area contributed by atoms with E-state index < -0.39 is 0 Å². The van der Waals surface area contributed by atoms with Crippen molar-refractivity contribution >= 4 is 11.8 Å². The number of hydrogen-bond donors (Lipinski definition) is 1. The second kappa shape index (κ2) is 7.28. The summed E-state index contributed by atoms with van der Waals surface area (Å²) in [7, 11) is 0.